The van der Waals surface area contributed by atoms with E-state index >= 15 is 0 Å². The van der Waals surface area contributed by atoms with E-state index in [1.54, 1.807) is 0 Å². The van der Waals surface area contributed by atoms with Crippen LogP contribution in [0.5, 0.6) is 0 Å². The lowest BCUT2D eigenvalue weighted by Gasteiger charge is -2.42. The first kappa shape index (κ1) is 87.2. The maximum atomic E-state index is 12.6. The van der Waals surface area contributed by atoms with Crippen LogP contribution in [0.1, 0.15) is 124 Å². The van der Waals surface area contributed by atoms with Gasteiger partial charge in [-0.15, -0.1) is 0 Å². The Hall–Kier alpha value is -1.98. The molecule has 0 bridgehead atoms. The molecular weight excluding hydrogens is 1340 g/mol. The topological polar surface area (TPSA) is 520 Å². The molecule has 0 aromatic heterocycles. The second-order valence-corrected chi connectivity index (χ2v) is 27.9. The molecule has 0 aliphatic carbocycles. The summed E-state index contributed by atoms with van der Waals surface area (Å²) in [6.07, 6.45) is -8.42. The molecule has 39 heteroatoms. The zero-order valence-corrected chi connectivity index (χ0v) is 57.5. The average Bonchev–Trinajstić information content (AvgIpc) is 0.828. The zero-order chi connectivity index (χ0) is 70.5. The molecular formula is C56H108N3O33P3. The van der Waals surface area contributed by atoms with E-state index in [-0.39, 0.29) is 118 Å². The number of amides is 3. The predicted molar refractivity (Wildman–Crippen MR) is 329 cm³/mol. The Labute approximate surface area is 554 Å². The number of carbonyl (C=O) groups is 3. The van der Waals surface area contributed by atoms with Crippen LogP contribution >= 0.6 is 23.5 Å². The van der Waals surface area contributed by atoms with Crippen molar-refractivity contribution < 1.29 is 158 Å². The van der Waals surface area contributed by atoms with Gasteiger partial charge in [-0.25, -0.2) is 13.7 Å². The van der Waals surface area contributed by atoms with Gasteiger partial charge in [-0.05, 0) is 57.8 Å². The molecule has 18 atom stereocenters. The Morgan fingerprint density at radius 2 is 0.579 bits per heavy atom. The van der Waals surface area contributed by atoms with E-state index < -0.39 is 158 Å². The summed E-state index contributed by atoms with van der Waals surface area (Å²) in [4.78, 5) is 65.7. The summed E-state index contributed by atoms with van der Waals surface area (Å²) in [5, 5.41) is 97.8. The maximum Gasteiger partial charge on any atom is 0.472 e. The largest absolute Gasteiger partial charge is 0.472 e. The van der Waals surface area contributed by atoms with Gasteiger partial charge in [0.05, 0.1) is 79.3 Å². The minimum Gasteiger partial charge on any atom is -0.394 e. The van der Waals surface area contributed by atoms with Crippen LogP contribution in [0.25, 0.3) is 0 Å². The summed E-state index contributed by atoms with van der Waals surface area (Å²) >= 11 is 0. The Bertz CT molecular complexity index is 2020. The van der Waals surface area contributed by atoms with Gasteiger partial charge >= 0.3 is 23.5 Å². The Kier molecular flexibility index (Phi) is 43.4. The molecule has 3 amide bonds. The summed E-state index contributed by atoms with van der Waals surface area (Å²) in [6.45, 7) is 3.86. The smallest absolute Gasteiger partial charge is 0.394 e. The number of phosphoric ester groups is 3. The number of carbonyl (C=O) groups excluding carboxylic acids is 3. The summed E-state index contributed by atoms with van der Waals surface area (Å²) in [5.41, 5.74) is -0.803. The number of nitrogens with one attached hydrogen (secondary N) is 3. The summed E-state index contributed by atoms with van der Waals surface area (Å²) in [5.74, 6) is -1.44. The minimum absolute atomic E-state index is 0.0674. The molecule has 3 aliphatic heterocycles. The van der Waals surface area contributed by atoms with E-state index in [0.29, 0.717) is 77.0 Å². The summed E-state index contributed by atoms with van der Waals surface area (Å²) in [6, 6.07) is -3.19. The molecule has 3 fully saturated rings. The first-order valence-electron chi connectivity index (χ1n) is 32.2. The van der Waals surface area contributed by atoms with Crippen molar-refractivity contribution in [3.05, 3.63) is 0 Å². The molecule has 95 heavy (non-hydrogen) atoms. The summed E-state index contributed by atoms with van der Waals surface area (Å²) < 4.78 is 120. The van der Waals surface area contributed by atoms with E-state index in [0.717, 1.165) is 0 Å². The second kappa shape index (κ2) is 47.3. The van der Waals surface area contributed by atoms with Crippen LogP contribution in [0.2, 0.25) is 0 Å². The fourth-order valence-electron chi connectivity index (χ4n) is 9.87. The highest BCUT2D eigenvalue weighted by molar-refractivity contribution is 7.47. The van der Waals surface area contributed by atoms with E-state index in [2.05, 4.69) is 16.0 Å². The SMILES string of the molecule is CC(=O)NC1C(O)[C@@H](O)C(CO)O[C@H]1OCCCCCCOP(=O)(O)OCCCOCC(C)(COCCCOP(=O)(O)OCCCCCCO[C@@H]1OC(CO)[C@H](O)C(O)C1NC(C)=O)COCCCOP(=O)(O)OCCCCCCO[C@@H]1OC(CO)[C@H](O)C(O)C1NC(C)=O. The number of rotatable bonds is 54. The van der Waals surface area contributed by atoms with Crippen LogP contribution in [0.3, 0.4) is 0 Å². The van der Waals surface area contributed by atoms with E-state index in [9.17, 15) is 88.7 Å². The minimum atomic E-state index is -4.41. The Morgan fingerprint density at radius 3 is 0.800 bits per heavy atom. The van der Waals surface area contributed by atoms with Gasteiger partial charge in [-0.3, -0.25) is 41.5 Å². The van der Waals surface area contributed by atoms with Gasteiger partial charge in [0, 0.05) is 65.8 Å². The number of ether oxygens (including phenoxy) is 9. The lowest BCUT2D eigenvalue weighted by Crippen LogP contribution is -2.64. The number of unbranched alkanes of at least 4 members (excludes halogenated alkanes) is 9. The van der Waals surface area contributed by atoms with Gasteiger partial charge in [0.15, 0.2) is 18.9 Å². The molecule has 0 radical (unpaired) electrons. The van der Waals surface area contributed by atoms with Gasteiger partial charge < -0.3 is 119 Å². The lowest BCUT2D eigenvalue weighted by atomic mass is 9.94. The lowest BCUT2D eigenvalue weighted by molar-refractivity contribution is -0.270. The van der Waals surface area contributed by atoms with Gasteiger partial charge in [-0.2, -0.15) is 0 Å². The highest BCUT2D eigenvalue weighted by Gasteiger charge is 2.48. The standard InChI is InChI=1S/C56H108N3O33P3/c1-38(63)57-44-50(69)47(66)41(32-60)90-53(44)81-23-11-5-8-14-26-84-93(72,73)87-29-17-20-78-35-56(4,36-79-21-18-30-88-94(74,75)85-27-15-9-6-12-24-82-54-45(58-39(2)64)51(70)48(67)42(33-61)91-54)37-80-22-19-31-89-95(76,77)86-28-16-10-7-13-25-83-55-46(59-40(3)65)52(71)49(68)43(34-62)92-55/h41-55,60-62,66-71H,5-37H2,1-4H3,(H,57,63)(H,58,64)(H,59,65)(H,72,73)(H,74,75)(H,76,77)/t41?,42?,43?,44?,45?,46?,47-,48-,49-,50?,51?,52?,53+,54+,55+,56?/m0/s1. The predicted octanol–water partition coefficient (Wildman–Crippen LogP) is -0.824. The molecule has 3 saturated heterocycles. The number of hydrogen-bond donors (Lipinski definition) is 15. The average molecular weight is 1440 g/mol. The Balaban J connectivity index is 1.36. The van der Waals surface area contributed by atoms with Crippen LogP contribution in [0.4, 0.5) is 0 Å². The first-order chi connectivity index (χ1) is 45.1. The number of aliphatic hydroxyl groups excluding tert-OH is 9. The van der Waals surface area contributed by atoms with E-state index in [1.807, 2.05) is 6.92 Å². The van der Waals surface area contributed by atoms with Crippen molar-refractivity contribution >= 4 is 41.2 Å². The summed E-state index contributed by atoms with van der Waals surface area (Å²) in [7, 11) is -13.2. The number of aliphatic hydroxyl groups is 9. The monoisotopic (exact) mass is 1440 g/mol. The molecule has 0 aromatic rings. The zero-order valence-electron chi connectivity index (χ0n) is 54.8. The quantitative estimate of drug-likeness (QED) is 0.0261. The number of hydrogen-bond acceptors (Lipinski definition) is 30. The molecule has 3 rings (SSSR count). The molecule has 0 aromatic carbocycles. The van der Waals surface area contributed by atoms with Gasteiger partial charge in [0.1, 0.15) is 73.1 Å². The molecule has 0 saturated carbocycles. The first-order valence-corrected chi connectivity index (χ1v) is 36.7. The van der Waals surface area contributed by atoms with Crippen molar-refractivity contribution in [1.82, 2.24) is 16.0 Å². The third-order valence-electron chi connectivity index (χ3n) is 14.9. The van der Waals surface area contributed by atoms with E-state index in [1.165, 1.54) is 20.8 Å². The number of phosphoric acid groups is 3. The van der Waals surface area contributed by atoms with Crippen molar-refractivity contribution in [3.8, 4) is 0 Å². The fourth-order valence-corrected chi connectivity index (χ4v) is 12.2. The molecule has 36 nitrogen and oxygen atoms in total. The fraction of sp³-hybridized carbons (Fsp3) is 0.946. The van der Waals surface area contributed by atoms with Gasteiger partial charge in [0.2, 0.25) is 17.7 Å². The third kappa shape index (κ3) is 35.5. The third-order valence-corrected chi connectivity index (χ3v) is 17.9. The van der Waals surface area contributed by atoms with Gasteiger partial charge in [0.25, 0.3) is 0 Å². The normalized spacial score (nSPS) is 29.0. The molecule has 3 heterocycles. The molecule has 560 valence electrons. The molecule has 3 aliphatic rings. The van der Waals surface area contributed by atoms with Crippen LogP contribution in [0.15, 0.2) is 0 Å². The maximum absolute atomic E-state index is 12.6. The van der Waals surface area contributed by atoms with Crippen molar-refractivity contribution in [2.45, 2.75) is 216 Å². The van der Waals surface area contributed by atoms with Crippen LogP contribution < -0.4 is 16.0 Å². The Morgan fingerprint density at radius 1 is 0.358 bits per heavy atom. The van der Waals surface area contributed by atoms with Crippen molar-refractivity contribution in [2.75, 3.05) is 119 Å². The van der Waals surface area contributed by atoms with Crippen LogP contribution in [-0.2, 0) is 97.9 Å². The van der Waals surface area contributed by atoms with Crippen LogP contribution in [-0.4, -0.2) is 289 Å². The molecule has 12 unspecified atom stereocenters. The molecule has 15 N–H and O–H groups in total. The van der Waals surface area contributed by atoms with Crippen molar-refractivity contribution in [2.24, 2.45) is 5.41 Å². The van der Waals surface area contributed by atoms with Crippen molar-refractivity contribution in [1.29, 1.82) is 0 Å². The van der Waals surface area contributed by atoms with Crippen molar-refractivity contribution in [3.63, 3.8) is 0 Å². The van der Waals surface area contributed by atoms with Crippen LogP contribution in [0, 0.1) is 5.41 Å². The molecule has 0 spiro atoms. The highest BCUT2D eigenvalue weighted by Crippen LogP contribution is 2.45. The van der Waals surface area contributed by atoms with Gasteiger partial charge in [-0.1, -0.05) is 45.4 Å². The highest BCUT2D eigenvalue weighted by atomic mass is 31.2. The second-order valence-electron chi connectivity index (χ2n) is 23.6. The van der Waals surface area contributed by atoms with E-state index in [4.69, 9.17) is 69.8 Å².